The predicted octanol–water partition coefficient (Wildman–Crippen LogP) is -2.51. The average Bonchev–Trinajstić information content (AvgIpc) is 2.71. The van der Waals surface area contributed by atoms with Gasteiger partial charge in [-0.05, 0) is 27.7 Å². The van der Waals surface area contributed by atoms with Crippen molar-refractivity contribution in [3.8, 4) is 0 Å². The van der Waals surface area contributed by atoms with E-state index in [4.69, 9.17) is 9.84 Å². The zero-order valence-corrected chi connectivity index (χ0v) is 14.3. The van der Waals surface area contributed by atoms with E-state index < -0.39 is 48.7 Å². The molecule has 0 aromatic rings. The van der Waals surface area contributed by atoms with Gasteiger partial charge in [0.25, 0.3) is 5.91 Å². The van der Waals surface area contributed by atoms with Crippen molar-refractivity contribution in [1.82, 2.24) is 16.2 Å². The van der Waals surface area contributed by atoms with Crippen LogP contribution in [0.25, 0.3) is 0 Å². The van der Waals surface area contributed by atoms with Crippen LogP contribution in [0.2, 0.25) is 0 Å². The molecule has 24 heavy (non-hydrogen) atoms. The number of hydrazine groups is 1. The van der Waals surface area contributed by atoms with Gasteiger partial charge in [-0.3, -0.25) is 15.5 Å². The third kappa shape index (κ3) is 3.77. The Kier molecular flexibility index (Phi) is 5.36. The van der Waals surface area contributed by atoms with E-state index in [0.29, 0.717) is 5.57 Å². The Labute approximate surface area is 140 Å². The van der Waals surface area contributed by atoms with Gasteiger partial charge in [0.1, 0.15) is 24.4 Å². The van der Waals surface area contributed by atoms with Crippen molar-refractivity contribution in [3.63, 3.8) is 0 Å². The Morgan fingerprint density at radius 2 is 1.83 bits per heavy atom. The summed E-state index contributed by atoms with van der Waals surface area (Å²) < 4.78 is 5.27. The topological polar surface area (TPSA) is 143 Å². The molecular formula is C15H27N3O6. The monoisotopic (exact) mass is 345 g/mol. The van der Waals surface area contributed by atoms with Crippen LogP contribution < -0.4 is 16.2 Å². The first-order valence-corrected chi connectivity index (χ1v) is 7.87. The van der Waals surface area contributed by atoms with E-state index in [1.54, 1.807) is 0 Å². The highest BCUT2D eigenvalue weighted by Gasteiger charge is 2.44. The summed E-state index contributed by atoms with van der Waals surface area (Å²) in [4.78, 5) is 12.4. The lowest BCUT2D eigenvalue weighted by molar-refractivity contribution is -0.238. The van der Waals surface area contributed by atoms with E-state index in [1.807, 2.05) is 33.8 Å². The van der Waals surface area contributed by atoms with E-state index in [1.165, 1.54) is 0 Å². The zero-order valence-electron chi connectivity index (χ0n) is 14.3. The smallest absolute Gasteiger partial charge is 0.262 e. The molecule has 1 fully saturated rings. The fraction of sp³-hybridized carbons (Fsp3) is 0.800. The molecule has 5 atom stereocenters. The van der Waals surface area contributed by atoms with E-state index in [-0.39, 0.29) is 5.54 Å². The highest BCUT2D eigenvalue weighted by Crippen LogP contribution is 2.29. The predicted molar refractivity (Wildman–Crippen MR) is 84.4 cm³/mol. The van der Waals surface area contributed by atoms with Crippen molar-refractivity contribution in [3.05, 3.63) is 11.6 Å². The first kappa shape index (κ1) is 19.3. The van der Waals surface area contributed by atoms with E-state index in [9.17, 15) is 20.1 Å². The van der Waals surface area contributed by atoms with Crippen LogP contribution in [-0.2, 0) is 9.53 Å². The first-order valence-electron chi connectivity index (χ1n) is 7.87. The Morgan fingerprint density at radius 3 is 2.33 bits per heavy atom. The summed E-state index contributed by atoms with van der Waals surface area (Å²) in [6.45, 7) is 7.11. The molecule has 0 saturated carbocycles. The van der Waals surface area contributed by atoms with Gasteiger partial charge in [0.2, 0.25) is 0 Å². The highest BCUT2D eigenvalue weighted by molar-refractivity contribution is 5.96. The van der Waals surface area contributed by atoms with Crippen molar-refractivity contribution >= 4 is 5.91 Å². The van der Waals surface area contributed by atoms with Gasteiger partial charge in [0.05, 0.1) is 6.61 Å². The lowest BCUT2D eigenvalue weighted by Crippen LogP contribution is -2.65. The number of nitrogens with one attached hydrogen (secondary N) is 3. The standard InChI is InChI=1S/C15H27N3O6/c1-14(2)5-7(15(3,4)18-14)12(23)16-17-13-11(22)10(21)9(20)8(6-19)24-13/h5,8-11,13,17-22H,6H2,1-4H3,(H,16,23). The maximum atomic E-state index is 12.4. The number of amides is 1. The maximum Gasteiger partial charge on any atom is 0.262 e. The molecule has 5 unspecified atom stereocenters. The molecule has 1 amide bonds. The van der Waals surface area contributed by atoms with Crippen LogP contribution in [0, 0.1) is 0 Å². The molecule has 0 aromatic heterocycles. The largest absolute Gasteiger partial charge is 0.394 e. The molecule has 2 aliphatic rings. The van der Waals surface area contributed by atoms with Gasteiger partial charge in [-0.1, -0.05) is 6.08 Å². The Bertz CT molecular complexity index is 519. The molecule has 0 spiro atoms. The van der Waals surface area contributed by atoms with Gasteiger partial charge >= 0.3 is 0 Å². The molecule has 0 aliphatic carbocycles. The molecule has 9 heteroatoms. The van der Waals surface area contributed by atoms with Gasteiger partial charge in [0, 0.05) is 16.7 Å². The second-order valence-corrected chi connectivity index (χ2v) is 7.38. The number of aliphatic hydroxyl groups excluding tert-OH is 4. The second kappa shape index (κ2) is 6.68. The molecule has 2 heterocycles. The second-order valence-electron chi connectivity index (χ2n) is 7.38. The van der Waals surface area contributed by atoms with E-state index >= 15 is 0 Å². The first-order chi connectivity index (χ1) is 11.0. The summed E-state index contributed by atoms with van der Waals surface area (Å²) in [7, 11) is 0. The lowest BCUT2D eigenvalue weighted by atomic mass is 9.96. The van der Waals surface area contributed by atoms with Crippen LogP contribution in [-0.4, -0.2) is 74.7 Å². The van der Waals surface area contributed by atoms with Crippen molar-refractivity contribution < 1.29 is 30.0 Å². The fourth-order valence-corrected chi connectivity index (χ4v) is 3.22. The highest BCUT2D eigenvalue weighted by atomic mass is 16.6. The van der Waals surface area contributed by atoms with Crippen molar-refractivity contribution in [2.75, 3.05) is 6.61 Å². The fourth-order valence-electron chi connectivity index (χ4n) is 3.22. The molecule has 1 saturated heterocycles. The molecule has 2 aliphatic heterocycles. The van der Waals surface area contributed by atoms with Gasteiger partial charge in [-0.25, -0.2) is 5.43 Å². The molecule has 0 aromatic carbocycles. The van der Waals surface area contributed by atoms with Crippen LogP contribution in [0.3, 0.4) is 0 Å². The van der Waals surface area contributed by atoms with Crippen LogP contribution >= 0.6 is 0 Å². The molecule has 138 valence electrons. The molecule has 2 rings (SSSR count). The number of hydrogen-bond acceptors (Lipinski definition) is 8. The van der Waals surface area contributed by atoms with E-state index in [2.05, 4.69) is 16.2 Å². The summed E-state index contributed by atoms with van der Waals surface area (Å²) in [5.41, 5.74) is 4.59. The SMILES string of the molecule is CC1(C)C=C(C(=O)NNC2OC(CO)C(O)C(O)C2O)C(C)(C)N1. The summed E-state index contributed by atoms with van der Waals surface area (Å²) in [5.74, 6) is -0.407. The minimum atomic E-state index is -1.51. The van der Waals surface area contributed by atoms with Crippen LogP contribution in [0.15, 0.2) is 11.6 Å². The average molecular weight is 345 g/mol. The number of aliphatic hydroxyl groups is 4. The van der Waals surface area contributed by atoms with Gasteiger partial charge in [0.15, 0.2) is 6.23 Å². The number of carbonyl (C=O) groups excluding carboxylic acids is 1. The Morgan fingerprint density at radius 1 is 1.21 bits per heavy atom. The molecule has 0 bridgehead atoms. The van der Waals surface area contributed by atoms with Crippen LogP contribution in [0.5, 0.6) is 0 Å². The normalized spacial score (nSPS) is 37.8. The Balaban J connectivity index is 2.01. The molecule has 0 radical (unpaired) electrons. The summed E-state index contributed by atoms with van der Waals surface area (Å²) in [6, 6.07) is 0. The number of hydrogen-bond donors (Lipinski definition) is 7. The minimum absolute atomic E-state index is 0.334. The van der Waals surface area contributed by atoms with Gasteiger partial charge < -0.3 is 25.2 Å². The molecule has 7 N–H and O–H groups in total. The summed E-state index contributed by atoms with van der Waals surface area (Å²) in [5, 5.41) is 41.8. The zero-order chi connectivity index (χ0) is 18.3. The number of rotatable bonds is 4. The maximum absolute atomic E-state index is 12.4. The minimum Gasteiger partial charge on any atom is -0.394 e. The molecule has 9 nitrogen and oxygen atoms in total. The van der Waals surface area contributed by atoms with Gasteiger partial charge in [-0.15, -0.1) is 0 Å². The van der Waals surface area contributed by atoms with Crippen molar-refractivity contribution in [1.29, 1.82) is 0 Å². The lowest BCUT2D eigenvalue weighted by Gasteiger charge is -2.40. The quantitative estimate of drug-likeness (QED) is 0.277. The van der Waals surface area contributed by atoms with Gasteiger partial charge in [-0.2, -0.15) is 0 Å². The van der Waals surface area contributed by atoms with Crippen molar-refractivity contribution in [2.24, 2.45) is 0 Å². The van der Waals surface area contributed by atoms with E-state index in [0.717, 1.165) is 0 Å². The summed E-state index contributed by atoms with van der Waals surface area (Å²) in [6.07, 6.45) is -4.82. The third-order valence-corrected chi connectivity index (χ3v) is 4.28. The molecular weight excluding hydrogens is 318 g/mol. The van der Waals surface area contributed by atoms with Crippen LogP contribution in [0.1, 0.15) is 27.7 Å². The number of ether oxygens (including phenoxy) is 1. The summed E-state index contributed by atoms with van der Waals surface area (Å²) >= 11 is 0. The third-order valence-electron chi connectivity index (χ3n) is 4.28. The van der Waals surface area contributed by atoms with Crippen molar-refractivity contribution in [2.45, 2.75) is 69.4 Å². The van der Waals surface area contributed by atoms with Crippen LogP contribution in [0.4, 0.5) is 0 Å². The number of carbonyl (C=O) groups is 1. The Hall–Kier alpha value is -1.07.